The number of rotatable bonds is 6. The van der Waals surface area contributed by atoms with E-state index in [4.69, 9.17) is 4.74 Å². The maximum Gasteiger partial charge on any atom is 0.0674 e. The highest BCUT2D eigenvalue weighted by atomic mass is 16.5. The highest BCUT2D eigenvalue weighted by Gasteiger charge is 2.42. The van der Waals surface area contributed by atoms with Crippen molar-refractivity contribution in [1.82, 2.24) is 10.2 Å². The molecule has 0 radical (unpaired) electrons. The average molecular weight is 296 g/mol. The maximum absolute atomic E-state index is 5.85. The summed E-state index contributed by atoms with van der Waals surface area (Å²) in [6.07, 6.45) is 5.55. The molecule has 1 N–H and O–H groups in total. The molecule has 1 heterocycles. The van der Waals surface area contributed by atoms with Crippen molar-refractivity contribution in [2.45, 2.75) is 78.5 Å². The Morgan fingerprint density at radius 1 is 1.29 bits per heavy atom. The van der Waals surface area contributed by atoms with Gasteiger partial charge in [0.15, 0.2) is 0 Å². The molecule has 0 aromatic carbocycles. The second-order valence-electron chi connectivity index (χ2n) is 7.88. The molecule has 1 aliphatic carbocycles. The molecule has 1 saturated carbocycles. The fraction of sp³-hybridized carbons (Fsp3) is 1.00. The summed E-state index contributed by atoms with van der Waals surface area (Å²) in [7, 11) is 0. The van der Waals surface area contributed by atoms with Gasteiger partial charge in [0, 0.05) is 25.2 Å². The van der Waals surface area contributed by atoms with E-state index in [1.807, 2.05) is 0 Å². The molecule has 2 rings (SSSR count). The van der Waals surface area contributed by atoms with Crippen LogP contribution in [0.3, 0.4) is 0 Å². The van der Waals surface area contributed by atoms with Crippen molar-refractivity contribution in [2.24, 2.45) is 11.3 Å². The van der Waals surface area contributed by atoms with Gasteiger partial charge in [-0.15, -0.1) is 0 Å². The molecule has 124 valence electrons. The molecule has 3 nitrogen and oxygen atoms in total. The lowest BCUT2D eigenvalue weighted by molar-refractivity contribution is -0.0620. The van der Waals surface area contributed by atoms with Crippen molar-refractivity contribution >= 4 is 0 Å². The zero-order chi connectivity index (χ0) is 15.5. The number of hydrogen-bond donors (Lipinski definition) is 1. The van der Waals surface area contributed by atoms with E-state index in [1.165, 1.54) is 32.2 Å². The van der Waals surface area contributed by atoms with Crippen LogP contribution in [0.15, 0.2) is 0 Å². The van der Waals surface area contributed by atoms with E-state index in [0.29, 0.717) is 23.6 Å². The third-order valence-electron chi connectivity index (χ3n) is 5.61. The Bertz CT molecular complexity index is 318. The van der Waals surface area contributed by atoms with E-state index >= 15 is 0 Å². The minimum absolute atomic E-state index is 0.393. The number of hydrogen-bond acceptors (Lipinski definition) is 3. The Kier molecular flexibility index (Phi) is 6.10. The maximum atomic E-state index is 5.85. The van der Waals surface area contributed by atoms with Gasteiger partial charge in [-0.1, -0.05) is 27.7 Å². The zero-order valence-electron chi connectivity index (χ0n) is 14.8. The molecule has 3 heteroatoms. The van der Waals surface area contributed by atoms with Gasteiger partial charge in [0.05, 0.1) is 12.7 Å². The Morgan fingerprint density at radius 2 is 2.05 bits per heavy atom. The first-order valence-electron chi connectivity index (χ1n) is 9.07. The molecular formula is C18H36N2O. The summed E-state index contributed by atoms with van der Waals surface area (Å²) in [4.78, 5) is 2.71. The Hall–Kier alpha value is -0.120. The highest BCUT2D eigenvalue weighted by molar-refractivity contribution is 4.98. The van der Waals surface area contributed by atoms with E-state index in [9.17, 15) is 0 Å². The van der Waals surface area contributed by atoms with Crippen molar-refractivity contribution in [3.63, 3.8) is 0 Å². The summed E-state index contributed by atoms with van der Waals surface area (Å²) in [6.45, 7) is 16.1. The van der Waals surface area contributed by atoms with Crippen LogP contribution in [-0.2, 0) is 4.74 Å². The Labute approximate surface area is 131 Å². The van der Waals surface area contributed by atoms with Crippen LogP contribution >= 0.6 is 0 Å². The molecule has 2 fully saturated rings. The van der Waals surface area contributed by atoms with Gasteiger partial charge in [-0.2, -0.15) is 0 Å². The molecule has 0 bridgehead atoms. The minimum Gasteiger partial charge on any atom is -0.376 e. The molecule has 4 unspecified atom stereocenters. The van der Waals surface area contributed by atoms with E-state index in [-0.39, 0.29) is 0 Å². The smallest absolute Gasteiger partial charge is 0.0674 e. The summed E-state index contributed by atoms with van der Waals surface area (Å²) in [6, 6.07) is 1.30. The third-order valence-corrected chi connectivity index (χ3v) is 5.61. The molecule has 21 heavy (non-hydrogen) atoms. The van der Waals surface area contributed by atoms with Gasteiger partial charge >= 0.3 is 0 Å². The topological polar surface area (TPSA) is 24.5 Å². The van der Waals surface area contributed by atoms with Crippen LogP contribution in [0, 0.1) is 11.3 Å². The number of ether oxygens (including phenoxy) is 1. The van der Waals surface area contributed by atoms with Crippen LogP contribution in [0.5, 0.6) is 0 Å². The summed E-state index contributed by atoms with van der Waals surface area (Å²) in [5.74, 6) is 0.797. The van der Waals surface area contributed by atoms with Crippen LogP contribution in [0.2, 0.25) is 0 Å². The Morgan fingerprint density at radius 3 is 2.71 bits per heavy atom. The average Bonchev–Trinajstić information content (AvgIpc) is 2.72. The lowest BCUT2D eigenvalue weighted by Gasteiger charge is -2.41. The molecule has 0 amide bonds. The van der Waals surface area contributed by atoms with Gasteiger partial charge in [-0.05, 0) is 50.5 Å². The first-order valence-corrected chi connectivity index (χ1v) is 9.07. The minimum atomic E-state index is 0.393. The standard InChI is InChI=1S/C18H36N2O/c1-6-10-19-17-15(8-9-18(17,4)5)12-20-11-14(3)21-13-16(20)7-2/h14-17,19H,6-13H2,1-5H3. The largest absolute Gasteiger partial charge is 0.376 e. The summed E-state index contributed by atoms with van der Waals surface area (Å²) >= 11 is 0. The lowest BCUT2D eigenvalue weighted by Crippen LogP contribution is -2.53. The van der Waals surface area contributed by atoms with Crippen LogP contribution in [-0.4, -0.2) is 49.3 Å². The van der Waals surface area contributed by atoms with Crippen LogP contribution in [0.4, 0.5) is 0 Å². The van der Waals surface area contributed by atoms with Gasteiger partial charge in [0.2, 0.25) is 0 Å². The molecule has 1 saturated heterocycles. The van der Waals surface area contributed by atoms with Crippen molar-refractivity contribution in [3.8, 4) is 0 Å². The molecule has 0 spiro atoms. The van der Waals surface area contributed by atoms with Gasteiger partial charge < -0.3 is 10.1 Å². The molecule has 0 aromatic heterocycles. The van der Waals surface area contributed by atoms with Crippen molar-refractivity contribution < 1.29 is 4.74 Å². The summed E-state index contributed by atoms with van der Waals surface area (Å²) in [5.41, 5.74) is 0.444. The van der Waals surface area contributed by atoms with Crippen LogP contribution in [0.25, 0.3) is 0 Å². The molecule has 0 aromatic rings. The first-order chi connectivity index (χ1) is 9.97. The van der Waals surface area contributed by atoms with Crippen LogP contribution in [0.1, 0.15) is 60.3 Å². The second kappa shape index (κ2) is 7.43. The fourth-order valence-electron chi connectivity index (χ4n) is 4.27. The summed E-state index contributed by atoms with van der Waals surface area (Å²) in [5, 5.41) is 3.85. The molecule has 2 aliphatic rings. The predicted octanol–water partition coefficient (Wildman–Crippen LogP) is 3.29. The van der Waals surface area contributed by atoms with E-state index in [1.54, 1.807) is 0 Å². The van der Waals surface area contributed by atoms with E-state index < -0.39 is 0 Å². The monoisotopic (exact) mass is 296 g/mol. The van der Waals surface area contributed by atoms with Gasteiger partial charge in [0.1, 0.15) is 0 Å². The van der Waals surface area contributed by atoms with E-state index in [2.05, 4.69) is 44.8 Å². The fourth-order valence-corrected chi connectivity index (χ4v) is 4.27. The third kappa shape index (κ3) is 4.20. The van der Waals surface area contributed by atoms with Crippen molar-refractivity contribution in [1.29, 1.82) is 0 Å². The molecular weight excluding hydrogens is 260 g/mol. The van der Waals surface area contributed by atoms with Crippen molar-refractivity contribution in [2.75, 3.05) is 26.2 Å². The van der Waals surface area contributed by atoms with E-state index in [0.717, 1.165) is 25.6 Å². The van der Waals surface area contributed by atoms with Crippen LogP contribution < -0.4 is 5.32 Å². The molecule has 1 aliphatic heterocycles. The lowest BCUT2D eigenvalue weighted by atomic mass is 9.84. The number of nitrogens with zero attached hydrogens (tertiary/aromatic N) is 1. The second-order valence-corrected chi connectivity index (χ2v) is 7.88. The number of nitrogens with one attached hydrogen (secondary N) is 1. The zero-order valence-corrected chi connectivity index (χ0v) is 14.8. The quantitative estimate of drug-likeness (QED) is 0.814. The molecule has 4 atom stereocenters. The highest BCUT2D eigenvalue weighted by Crippen LogP contribution is 2.42. The predicted molar refractivity (Wildman–Crippen MR) is 89.7 cm³/mol. The first kappa shape index (κ1) is 17.2. The van der Waals surface area contributed by atoms with Crippen molar-refractivity contribution in [3.05, 3.63) is 0 Å². The number of morpholine rings is 1. The van der Waals surface area contributed by atoms with Gasteiger partial charge in [-0.3, -0.25) is 4.90 Å². The Balaban J connectivity index is 1.99. The normalized spacial score (nSPS) is 37.0. The van der Waals surface area contributed by atoms with Gasteiger partial charge in [-0.25, -0.2) is 0 Å². The summed E-state index contributed by atoms with van der Waals surface area (Å²) < 4.78 is 5.85. The van der Waals surface area contributed by atoms with Gasteiger partial charge in [0.25, 0.3) is 0 Å². The SMILES string of the molecule is CCCNC1C(CN2CC(C)OCC2CC)CCC1(C)C.